The van der Waals surface area contributed by atoms with Crippen molar-refractivity contribution in [1.29, 1.82) is 0 Å². The summed E-state index contributed by atoms with van der Waals surface area (Å²) in [6.45, 7) is 5.97. The van der Waals surface area contributed by atoms with Crippen LogP contribution < -0.4 is 5.62 Å². The third-order valence-corrected chi connectivity index (χ3v) is 3.14. The Bertz CT molecular complexity index is 744. The Morgan fingerprint density at radius 2 is 1.90 bits per heavy atom. The van der Waals surface area contributed by atoms with Crippen LogP contribution in [0.4, 0.5) is 0 Å². The molecule has 1 aliphatic rings. The summed E-state index contributed by atoms with van der Waals surface area (Å²) < 4.78 is 1.53. The number of ketones is 1. The number of fused-ring (bicyclic) bond motifs is 3. The van der Waals surface area contributed by atoms with E-state index in [1.807, 2.05) is 39.0 Å². The molecule has 1 aromatic heterocycles. The van der Waals surface area contributed by atoms with Crippen LogP contribution in [0.1, 0.15) is 35.5 Å². The summed E-state index contributed by atoms with van der Waals surface area (Å²) >= 11 is 0. The zero-order chi connectivity index (χ0) is 14.9. The van der Waals surface area contributed by atoms with Crippen molar-refractivity contribution in [2.45, 2.75) is 20.8 Å². The van der Waals surface area contributed by atoms with E-state index in [4.69, 9.17) is 0 Å². The second-order valence-corrected chi connectivity index (χ2v) is 4.28. The fraction of sp³-hybridized carbons (Fsp3) is 0.333. The predicted molar refractivity (Wildman–Crippen MR) is 77.4 cm³/mol. The van der Waals surface area contributed by atoms with Gasteiger partial charge in [-0.25, -0.2) is 9.67 Å². The van der Waals surface area contributed by atoms with Gasteiger partial charge in [-0.1, -0.05) is 32.0 Å². The molecule has 0 saturated carbocycles. The minimum Gasteiger partial charge on any atom is -0.287 e. The van der Waals surface area contributed by atoms with Crippen LogP contribution in [0, 0.1) is 6.92 Å². The van der Waals surface area contributed by atoms with Gasteiger partial charge in [-0.05, 0) is 12.5 Å². The summed E-state index contributed by atoms with van der Waals surface area (Å²) in [5, 5.41) is 4.27. The third-order valence-electron chi connectivity index (χ3n) is 3.14. The Morgan fingerprint density at radius 1 is 1.20 bits per heavy atom. The van der Waals surface area contributed by atoms with Gasteiger partial charge < -0.3 is 0 Å². The second kappa shape index (κ2) is 5.36. The maximum Gasteiger partial charge on any atom is 0.241 e. The molecule has 0 radical (unpaired) electrons. The highest BCUT2D eigenvalue weighted by atomic mass is 16.1. The maximum absolute atomic E-state index is 12.2. The van der Waals surface area contributed by atoms with Gasteiger partial charge in [-0.3, -0.25) is 9.79 Å². The lowest BCUT2D eigenvalue weighted by Gasteiger charge is -2.03. The molecule has 20 heavy (non-hydrogen) atoms. The number of benzene rings is 1. The minimum atomic E-state index is -0.0607. The first-order valence-corrected chi connectivity index (χ1v) is 6.66. The Balaban J connectivity index is 0.000000704. The van der Waals surface area contributed by atoms with E-state index in [1.165, 1.54) is 4.68 Å². The summed E-state index contributed by atoms with van der Waals surface area (Å²) in [6, 6.07) is 5.67. The molecule has 0 bridgehead atoms. The van der Waals surface area contributed by atoms with Crippen molar-refractivity contribution in [1.82, 2.24) is 14.8 Å². The van der Waals surface area contributed by atoms with E-state index in [2.05, 4.69) is 15.1 Å². The first kappa shape index (κ1) is 14.1. The van der Waals surface area contributed by atoms with Crippen LogP contribution in [-0.4, -0.2) is 27.6 Å². The minimum absolute atomic E-state index is 0.0607. The van der Waals surface area contributed by atoms with Crippen LogP contribution in [0.25, 0.3) is 11.3 Å². The molecule has 0 N–H and O–H groups in total. The molecule has 0 unspecified atom stereocenters. The Morgan fingerprint density at radius 3 is 2.55 bits per heavy atom. The van der Waals surface area contributed by atoms with E-state index in [1.54, 1.807) is 14.1 Å². The summed E-state index contributed by atoms with van der Waals surface area (Å²) in [5.41, 5.74) is 4.16. The lowest BCUT2D eigenvalue weighted by molar-refractivity contribution is 0.103. The van der Waals surface area contributed by atoms with E-state index in [9.17, 15) is 4.79 Å². The molecule has 104 valence electrons. The summed E-state index contributed by atoms with van der Waals surface area (Å²) in [7, 11) is 3.39. The summed E-state index contributed by atoms with van der Waals surface area (Å²) in [5.74, 6) is -0.0607. The Hall–Kier alpha value is -2.30. The fourth-order valence-corrected chi connectivity index (χ4v) is 2.29. The van der Waals surface area contributed by atoms with Gasteiger partial charge in [-0.2, -0.15) is 5.10 Å². The summed E-state index contributed by atoms with van der Waals surface area (Å²) in [6.07, 6.45) is 0. The SMILES string of the molecule is CC.CN=c1nc2c(nn1C)C(=O)c1cccc(C)c1-2. The molecule has 0 amide bonds. The van der Waals surface area contributed by atoms with Gasteiger partial charge in [0.2, 0.25) is 11.4 Å². The van der Waals surface area contributed by atoms with Crippen molar-refractivity contribution in [3.63, 3.8) is 0 Å². The lowest BCUT2D eigenvalue weighted by Crippen LogP contribution is -2.26. The molecule has 1 aromatic carbocycles. The lowest BCUT2D eigenvalue weighted by atomic mass is 10.0. The molecule has 1 aliphatic carbocycles. The molecule has 0 spiro atoms. The molecule has 3 rings (SSSR count). The molecule has 5 nitrogen and oxygen atoms in total. The second-order valence-electron chi connectivity index (χ2n) is 4.28. The highest BCUT2D eigenvalue weighted by Crippen LogP contribution is 2.35. The van der Waals surface area contributed by atoms with Crippen LogP contribution in [0.2, 0.25) is 0 Å². The quantitative estimate of drug-likeness (QED) is 0.626. The maximum atomic E-state index is 12.2. The van der Waals surface area contributed by atoms with Crippen molar-refractivity contribution in [2.24, 2.45) is 12.0 Å². The van der Waals surface area contributed by atoms with Gasteiger partial charge in [0.25, 0.3) is 0 Å². The molecule has 0 aliphatic heterocycles. The summed E-state index contributed by atoms with van der Waals surface area (Å²) in [4.78, 5) is 20.7. The van der Waals surface area contributed by atoms with Crippen molar-refractivity contribution >= 4 is 5.78 Å². The number of hydrogen-bond donors (Lipinski definition) is 0. The van der Waals surface area contributed by atoms with Crippen LogP contribution in [0.5, 0.6) is 0 Å². The van der Waals surface area contributed by atoms with Crippen LogP contribution in [0.15, 0.2) is 23.2 Å². The molecule has 0 saturated heterocycles. The molecule has 0 fully saturated rings. The molecule has 0 atom stereocenters. The third kappa shape index (κ3) is 1.95. The van der Waals surface area contributed by atoms with Crippen molar-refractivity contribution in [3.05, 3.63) is 40.6 Å². The average molecular weight is 270 g/mol. The normalized spacial score (nSPS) is 12.7. The van der Waals surface area contributed by atoms with Gasteiger partial charge in [0.15, 0.2) is 5.69 Å². The van der Waals surface area contributed by atoms with E-state index < -0.39 is 0 Å². The standard InChI is InChI=1S/C13H12N4O.C2H6/c1-7-5-4-6-8-9(7)10-11(12(8)18)16-17(3)13(14-2)15-10;1-2/h4-6H,1-3H3;1-2H3. The Labute approximate surface area is 118 Å². The number of hydrogen-bond acceptors (Lipinski definition) is 4. The monoisotopic (exact) mass is 270 g/mol. The number of nitrogens with zero attached hydrogens (tertiary/aromatic N) is 4. The van der Waals surface area contributed by atoms with Crippen LogP contribution in [-0.2, 0) is 7.05 Å². The topological polar surface area (TPSA) is 60.1 Å². The number of carbonyl (C=O) groups excluding carboxylic acids is 1. The van der Waals surface area contributed by atoms with Crippen LogP contribution >= 0.6 is 0 Å². The van der Waals surface area contributed by atoms with Crippen molar-refractivity contribution in [2.75, 3.05) is 7.05 Å². The molecule has 5 heteroatoms. The van der Waals surface area contributed by atoms with E-state index in [-0.39, 0.29) is 5.78 Å². The van der Waals surface area contributed by atoms with Crippen molar-refractivity contribution in [3.8, 4) is 11.3 Å². The first-order valence-electron chi connectivity index (χ1n) is 6.66. The number of rotatable bonds is 0. The molecule has 2 aromatic rings. The fourth-order valence-electron chi connectivity index (χ4n) is 2.29. The Kier molecular flexibility index (Phi) is 3.79. The van der Waals surface area contributed by atoms with Gasteiger partial charge in [-0.15, -0.1) is 0 Å². The van der Waals surface area contributed by atoms with E-state index in [0.717, 1.165) is 11.1 Å². The smallest absolute Gasteiger partial charge is 0.241 e. The predicted octanol–water partition coefficient (Wildman–Crippen LogP) is 1.89. The van der Waals surface area contributed by atoms with Gasteiger partial charge in [0.1, 0.15) is 5.69 Å². The number of carbonyl (C=O) groups is 1. The van der Waals surface area contributed by atoms with Gasteiger partial charge in [0.05, 0.1) is 0 Å². The number of aryl methyl sites for hydroxylation is 2. The number of aromatic nitrogens is 3. The van der Waals surface area contributed by atoms with Gasteiger partial charge in [0, 0.05) is 25.2 Å². The largest absolute Gasteiger partial charge is 0.287 e. The molecular weight excluding hydrogens is 252 g/mol. The van der Waals surface area contributed by atoms with E-state index in [0.29, 0.717) is 22.6 Å². The van der Waals surface area contributed by atoms with Crippen LogP contribution in [0.3, 0.4) is 0 Å². The average Bonchev–Trinajstić information content (AvgIpc) is 2.75. The highest BCUT2D eigenvalue weighted by molar-refractivity contribution is 6.20. The highest BCUT2D eigenvalue weighted by Gasteiger charge is 2.31. The molecule has 1 heterocycles. The van der Waals surface area contributed by atoms with Crippen molar-refractivity contribution < 1.29 is 4.79 Å². The molecular formula is C15H18N4O. The van der Waals surface area contributed by atoms with Gasteiger partial charge >= 0.3 is 0 Å². The first-order chi connectivity index (χ1) is 9.63. The zero-order valence-corrected chi connectivity index (χ0v) is 12.4. The van der Waals surface area contributed by atoms with E-state index >= 15 is 0 Å². The zero-order valence-electron chi connectivity index (χ0n) is 12.4.